The lowest BCUT2D eigenvalue weighted by Gasteiger charge is -2.07. The zero-order chi connectivity index (χ0) is 22.1. The Balaban J connectivity index is 1.31. The highest BCUT2D eigenvalue weighted by Gasteiger charge is 2.18. The Kier molecular flexibility index (Phi) is 4.99. The lowest BCUT2D eigenvalue weighted by atomic mass is 10.0. The number of fused-ring (bicyclic) bond motifs is 2. The van der Waals surface area contributed by atoms with Gasteiger partial charge in [-0.25, -0.2) is 13.4 Å². The molecule has 0 aliphatic heterocycles. The van der Waals surface area contributed by atoms with E-state index in [1.165, 1.54) is 12.4 Å². The number of para-hydroxylation sites is 1. The SMILES string of the molecule is O=C(CCc1ccc(S(=O)(=O)c2cnc3ccccc3c2)cc1)c1cnc2[nH]ncc2c1. The summed E-state index contributed by atoms with van der Waals surface area (Å²) in [5.41, 5.74) is 2.79. The quantitative estimate of drug-likeness (QED) is 0.396. The lowest BCUT2D eigenvalue weighted by molar-refractivity contribution is 0.0982. The minimum Gasteiger partial charge on any atom is -0.294 e. The molecule has 1 N–H and O–H groups in total. The van der Waals surface area contributed by atoms with Crippen molar-refractivity contribution in [3.63, 3.8) is 0 Å². The smallest absolute Gasteiger partial charge is 0.208 e. The van der Waals surface area contributed by atoms with Crippen molar-refractivity contribution < 1.29 is 13.2 Å². The van der Waals surface area contributed by atoms with Crippen molar-refractivity contribution in [3.05, 3.63) is 90.4 Å². The summed E-state index contributed by atoms with van der Waals surface area (Å²) in [7, 11) is -3.68. The number of aromatic amines is 1. The van der Waals surface area contributed by atoms with E-state index in [9.17, 15) is 13.2 Å². The molecular formula is C24H18N4O3S. The molecule has 0 saturated carbocycles. The van der Waals surface area contributed by atoms with E-state index in [1.807, 2.05) is 24.3 Å². The van der Waals surface area contributed by atoms with Gasteiger partial charge in [0.05, 0.1) is 21.5 Å². The van der Waals surface area contributed by atoms with Crippen LogP contribution in [-0.4, -0.2) is 34.4 Å². The molecule has 0 bridgehead atoms. The van der Waals surface area contributed by atoms with Crippen molar-refractivity contribution in [1.82, 2.24) is 20.2 Å². The maximum Gasteiger partial charge on any atom is 0.208 e. The van der Waals surface area contributed by atoms with E-state index < -0.39 is 9.84 Å². The molecule has 0 unspecified atom stereocenters. The minimum atomic E-state index is -3.68. The predicted octanol–water partition coefficient (Wildman–Crippen LogP) is 4.15. The van der Waals surface area contributed by atoms with Crippen LogP contribution in [0.5, 0.6) is 0 Å². The van der Waals surface area contributed by atoms with Gasteiger partial charge in [0.25, 0.3) is 0 Å². The van der Waals surface area contributed by atoms with Crippen LogP contribution >= 0.6 is 0 Å². The molecular weight excluding hydrogens is 424 g/mol. The van der Waals surface area contributed by atoms with Crippen LogP contribution in [0.1, 0.15) is 22.3 Å². The molecule has 0 radical (unpaired) electrons. The Labute approximate surface area is 184 Å². The predicted molar refractivity (Wildman–Crippen MR) is 120 cm³/mol. The van der Waals surface area contributed by atoms with Crippen molar-refractivity contribution in [2.24, 2.45) is 0 Å². The number of aryl methyl sites for hydroxylation is 1. The van der Waals surface area contributed by atoms with E-state index in [0.29, 0.717) is 24.1 Å². The normalized spacial score (nSPS) is 11.8. The van der Waals surface area contributed by atoms with Gasteiger partial charge in [0.15, 0.2) is 11.4 Å². The van der Waals surface area contributed by atoms with Gasteiger partial charge in [0, 0.05) is 35.2 Å². The summed E-state index contributed by atoms with van der Waals surface area (Å²) in [6, 6.07) is 17.4. The number of nitrogens with zero attached hydrogens (tertiary/aromatic N) is 3. The van der Waals surface area contributed by atoms with Gasteiger partial charge in [0.2, 0.25) is 9.84 Å². The molecule has 5 rings (SSSR count). The number of H-pyrrole nitrogens is 1. The van der Waals surface area contributed by atoms with Gasteiger partial charge in [0.1, 0.15) is 0 Å². The van der Waals surface area contributed by atoms with Crippen molar-refractivity contribution in [1.29, 1.82) is 0 Å². The zero-order valence-corrected chi connectivity index (χ0v) is 17.7. The molecule has 5 aromatic rings. The number of rotatable bonds is 6. The topological polar surface area (TPSA) is 106 Å². The third-order valence-electron chi connectivity index (χ3n) is 5.36. The second-order valence-corrected chi connectivity index (χ2v) is 9.42. The van der Waals surface area contributed by atoms with Gasteiger partial charge in [-0.3, -0.25) is 14.9 Å². The summed E-state index contributed by atoms with van der Waals surface area (Å²) in [5, 5.41) is 8.22. The van der Waals surface area contributed by atoms with E-state index >= 15 is 0 Å². The van der Waals surface area contributed by atoms with E-state index in [4.69, 9.17) is 0 Å². The molecule has 0 spiro atoms. The van der Waals surface area contributed by atoms with E-state index in [1.54, 1.807) is 42.6 Å². The lowest BCUT2D eigenvalue weighted by Crippen LogP contribution is -2.04. The van der Waals surface area contributed by atoms with Gasteiger partial charge >= 0.3 is 0 Å². The average Bonchev–Trinajstić information content (AvgIpc) is 3.30. The second kappa shape index (κ2) is 7.97. The van der Waals surface area contributed by atoms with Gasteiger partial charge in [-0.1, -0.05) is 30.3 Å². The van der Waals surface area contributed by atoms with Gasteiger partial charge < -0.3 is 0 Å². The van der Waals surface area contributed by atoms with Crippen molar-refractivity contribution in [2.75, 3.05) is 0 Å². The van der Waals surface area contributed by atoms with Gasteiger partial charge in [-0.05, 0) is 42.3 Å². The Morgan fingerprint density at radius 1 is 0.844 bits per heavy atom. The molecule has 2 aromatic carbocycles. The second-order valence-electron chi connectivity index (χ2n) is 7.47. The van der Waals surface area contributed by atoms with Crippen LogP contribution < -0.4 is 0 Å². The first kappa shape index (κ1) is 20.0. The van der Waals surface area contributed by atoms with Crippen molar-refractivity contribution in [3.8, 4) is 0 Å². The molecule has 0 amide bonds. The van der Waals surface area contributed by atoms with E-state index in [2.05, 4.69) is 20.2 Å². The molecule has 7 nitrogen and oxygen atoms in total. The first-order valence-corrected chi connectivity index (χ1v) is 11.5. The summed E-state index contributed by atoms with van der Waals surface area (Å²) in [4.78, 5) is 21.3. The number of sulfone groups is 1. The number of nitrogens with one attached hydrogen (secondary N) is 1. The fourth-order valence-electron chi connectivity index (χ4n) is 3.56. The molecule has 0 aliphatic rings. The monoisotopic (exact) mass is 442 g/mol. The Morgan fingerprint density at radius 2 is 1.66 bits per heavy atom. The number of aromatic nitrogens is 4. The summed E-state index contributed by atoms with van der Waals surface area (Å²) < 4.78 is 26.0. The Hall–Kier alpha value is -3.91. The van der Waals surface area contributed by atoms with E-state index in [-0.39, 0.29) is 15.6 Å². The zero-order valence-electron chi connectivity index (χ0n) is 16.9. The highest BCUT2D eigenvalue weighted by molar-refractivity contribution is 7.91. The highest BCUT2D eigenvalue weighted by atomic mass is 32.2. The third-order valence-corrected chi connectivity index (χ3v) is 7.10. The number of hydrogen-bond donors (Lipinski definition) is 1. The van der Waals surface area contributed by atoms with Gasteiger partial charge in [-0.2, -0.15) is 5.10 Å². The van der Waals surface area contributed by atoms with Crippen LogP contribution in [0.3, 0.4) is 0 Å². The van der Waals surface area contributed by atoms with Crippen molar-refractivity contribution in [2.45, 2.75) is 22.6 Å². The maximum atomic E-state index is 13.0. The van der Waals surface area contributed by atoms with Crippen molar-refractivity contribution >= 4 is 37.6 Å². The van der Waals surface area contributed by atoms with Crippen LogP contribution in [0.2, 0.25) is 0 Å². The summed E-state index contributed by atoms with van der Waals surface area (Å²) in [5.74, 6) is -0.0282. The standard InChI is InChI=1S/C24H18N4O3S/c29-23(18-11-19-14-27-28-24(19)26-13-18)10-7-16-5-8-20(9-6-16)32(30,31)21-12-17-3-1-2-4-22(17)25-15-21/h1-6,8-9,11-15H,7,10H2,(H,26,27,28). The number of carbonyl (C=O) groups is 1. The van der Waals surface area contributed by atoms with Crippen LogP contribution in [0.15, 0.2) is 89.0 Å². The number of carbonyl (C=O) groups excluding carboxylic acids is 1. The number of Topliss-reactive ketones (excluding diaryl/α,β-unsaturated/α-hetero) is 1. The number of pyridine rings is 2. The van der Waals surface area contributed by atoms with Crippen LogP contribution in [0, 0.1) is 0 Å². The summed E-state index contributed by atoms with van der Waals surface area (Å²) >= 11 is 0. The average molecular weight is 443 g/mol. The first-order chi connectivity index (χ1) is 15.5. The van der Waals surface area contributed by atoms with Crippen LogP contribution in [-0.2, 0) is 16.3 Å². The fraction of sp³-hybridized carbons (Fsp3) is 0.0833. The molecule has 0 aliphatic carbocycles. The minimum absolute atomic E-state index is 0.0282. The number of hydrogen-bond acceptors (Lipinski definition) is 6. The largest absolute Gasteiger partial charge is 0.294 e. The van der Waals surface area contributed by atoms with E-state index in [0.717, 1.165) is 21.9 Å². The maximum absolute atomic E-state index is 13.0. The molecule has 158 valence electrons. The number of ketones is 1. The first-order valence-electron chi connectivity index (χ1n) is 10.0. The molecule has 8 heteroatoms. The van der Waals surface area contributed by atoms with Crippen LogP contribution in [0.4, 0.5) is 0 Å². The molecule has 32 heavy (non-hydrogen) atoms. The summed E-state index contributed by atoms with van der Waals surface area (Å²) in [6.07, 6.45) is 5.35. The molecule has 0 fully saturated rings. The Morgan fingerprint density at radius 3 is 2.50 bits per heavy atom. The molecule has 3 aromatic heterocycles. The fourth-order valence-corrected chi connectivity index (χ4v) is 4.80. The highest BCUT2D eigenvalue weighted by Crippen LogP contribution is 2.24. The number of benzene rings is 2. The van der Waals surface area contributed by atoms with Gasteiger partial charge in [-0.15, -0.1) is 0 Å². The molecule has 0 atom stereocenters. The molecule has 3 heterocycles. The third kappa shape index (κ3) is 3.76. The molecule has 0 saturated heterocycles. The van der Waals surface area contributed by atoms with Crippen LogP contribution in [0.25, 0.3) is 21.9 Å². The Bertz CT molecular complexity index is 1560. The summed E-state index contributed by atoms with van der Waals surface area (Å²) in [6.45, 7) is 0.